The van der Waals surface area contributed by atoms with E-state index in [0.717, 1.165) is 11.3 Å². The van der Waals surface area contributed by atoms with Gasteiger partial charge in [0.2, 0.25) is 6.61 Å². The van der Waals surface area contributed by atoms with Crippen molar-refractivity contribution >= 4 is 12.2 Å². The number of carboxylic acid groups (broad SMARTS) is 1. The van der Waals surface area contributed by atoms with E-state index in [1.165, 1.54) is 6.21 Å². The third-order valence-corrected chi connectivity index (χ3v) is 2.13. The topological polar surface area (TPSA) is 76.7 Å². The van der Waals surface area contributed by atoms with Crippen molar-refractivity contribution in [2.24, 2.45) is 5.16 Å². The SMILES string of the molecule is O=C(O)CON=Cc1ccc(-n2cccn2)cc1. The van der Waals surface area contributed by atoms with Gasteiger partial charge in [0.1, 0.15) is 0 Å². The summed E-state index contributed by atoms with van der Waals surface area (Å²) in [4.78, 5) is 14.7. The molecule has 0 aliphatic rings. The van der Waals surface area contributed by atoms with Gasteiger partial charge in [-0.05, 0) is 23.8 Å². The minimum Gasteiger partial charge on any atom is -0.479 e. The highest BCUT2D eigenvalue weighted by Crippen LogP contribution is 2.07. The summed E-state index contributed by atoms with van der Waals surface area (Å²) >= 11 is 0. The van der Waals surface area contributed by atoms with Crippen LogP contribution in [-0.4, -0.2) is 33.7 Å². The molecule has 1 heterocycles. The monoisotopic (exact) mass is 245 g/mol. The number of hydrogen-bond acceptors (Lipinski definition) is 4. The van der Waals surface area contributed by atoms with E-state index in [4.69, 9.17) is 5.11 Å². The maximum absolute atomic E-state index is 10.2. The zero-order valence-electron chi connectivity index (χ0n) is 9.43. The second-order valence-corrected chi connectivity index (χ2v) is 3.44. The van der Waals surface area contributed by atoms with Gasteiger partial charge in [-0.15, -0.1) is 0 Å². The van der Waals surface area contributed by atoms with E-state index in [2.05, 4.69) is 15.1 Å². The largest absolute Gasteiger partial charge is 0.479 e. The maximum atomic E-state index is 10.2. The molecule has 0 fully saturated rings. The van der Waals surface area contributed by atoms with E-state index in [9.17, 15) is 4.79 Å². The lowest BCUT2D eigenvalue weighted by Gasteiger charge is -2.00. The van der Waals surface area contributed by atoms with Crippen LogP contribution in [0, 0.1) is 0 Å². The number of carboxylic acids is 1. The first-order chi connectivity index (χ1) is 8.75. The molecule has 1 aromatic carbocycles. The normalized spacial score (nSPS) is 10.7. The van der Waals surface area contributed by atoms with Gasteiger partial charge in [-0.1, -0.05) is 17.3 Å². The Bertz CT molecular complexity index is 532. The van der Waals surface area contributed by atoms with Crippen LogP contribution in [0.4, 0.5) is 0 Å². The Labute approximate surface area is 103 Å². The number of benzene rings is 1. The molecule has 1 aromatic heterocycles. The summed E-state index contributed by atoms with van der Waals surface area (Å²) in [6.45, 7) is -0.443. The molecule has 0 aliphatic heterocycles. The molecular weight excluding hydrogens is 234 g/mol. The van der Waals surface area contributed by atoms with E-state index in [0.29, 0.717) is 0 Å². The van der Waals surface area contributed by atoms with Crippen LogP contribution in [0.2, 0.25) is 0 Å². The first-order valence-electron chi connectivity index (χ1n) is 5.23. The van der Waals surface area contributed by atoms with Gasteiger partial charge in [0, 0.05) is 12.4 Å². The fourth-order valence-corrected chi connectivity index (χ4v) is 1.33. The number of nitrogens with zero attached hydrogens (tertiary/aromatic N) is 3. The molecular formula is C12H11N3O3. The van der Waals surface area contributed by atoms with Gasteiger partial charge in [0.05, 0.1) is 11.9 Å². The van der Waals surface area contributed by atoms with Gasteiger partial charge in [-0.2, -0.15) is 5.10 Å². The van der Waals surface area contributed by atoms with Gasteiger partial charge in [0.25, 0.3) is 0 Å². The highest BCUT2D eigenvalue weighted by atomic mass is 16.6. The molecule has 6 nitrogen and oxygen atoms in total. The second-order valence-electron chi connectivity index (χ2n) is 3.44. The smallest absolute Gasteiger partial charge is 0.344 e. The molecule has 6 heteroatoms. The molecule has 1 N–H and O–H groups in total. The van der Waals surface area contributed by atoms with Crippen molar-refractivity contribution in [3.8, 4) is 5.69 Å². The Hall–Kier alpha value is -2.63. The predicted molar refractivity (Wildman–Crippen MR) is 64.7 cm³/mol. The molecule has 0 bridgehead atoms. The predicted octanol–water partition coefficient (Wildman–Crippen LogP) is 1.31. The van der Waals surface area contributed by atoms with E-state index < -0.39 is 12.6 Å². The number of rotatable bonds is 5. The van der Waals surface area contributed by atoms with Gasteiger partial charge in [0.15, 0.2) is 0 Å². The molecule has 0 saturated carbocycles. The van der Waals surface area contributed by atoms with E-state index in [1.807, 2.05) is 36.5 Å². The Morgan fingerprint density at radius 3 is 2.83 bits per heavy atom. The fraction of sp³-hybridized carbons (Fsp3) is 0.0833. The summed E-state index contributed by atoms with van der Waals surface area (Å²) in [7, 11) is 0. The first kappa shape index (κ1) is 11.8. The number of carbonyl (C=O) groups is 1. The van der Waals surface area contributed by atoms with Crippen molar-refractivity contribution in [3.63, 3.8) is 0 Å². The molecule has 0 atom stereocenters. The molecule has 0 radical (unpaired) electrons. The first-order valence-corrected chi connectivity index (χ1v) is 5.23. The Kier molecular flexibility index (Phi) is 3.70. The highest BCUT2D eigenvalue weighted by Gasteiger charge is 1.96. The molecule has 0 amide bonds. The molecule has 0 aliphatic carbocycles. The summed E-state index contributed by atoms with van der Waals surface area (Å²) in [6.07, 6.45) is 5.00. The van der Waals surface area contributed by atoms with E-state index >= 15 is 0 Å². The summed E-state index contributed by atoms with van der Waals surface area (Å²) in [5.41, 5.74) is 1.75. The van der Waals surface area contributed by atoms with Crippen LogP contribution in [0.1, 0.15) is 5.56 Å². The lowest BCUT2D eigenvalue weighted by Crippen LogP contribution is -2.03. The second kappa shape index (κ2) is 5.62. The van der Waals surface area contributed by atoms with Gasteiger partial charge >= 0.3 is 5.97 Å². The zero-order valence-corrected chi connectivity index (χ0v) is 9.43. The van der Waals surface area contributed by atoms with Crippen molar-refractivity contribution in [2.75, 3.05) is 6.61 Å². The molecule has 2 aromatic rings. The average molecular weight is 245 g/mol. The summed E-state index contributed by atoms with van der Waals surface area (Å²) < 4.78 is 1.74. The zero-order chi connectivity index (χ0) is 12.8. The number of aliphatic carboxylic acids is 1. The van der Waals surface area contributed by atoms with Crippen LogP contribution >= 0.6 is 0 Å². The summed E-state index contributed by atoms with van der Waals surface area (Å²) in [5, 5.41) is 16.0. The number of oxime groups is 1. The Balaban J connectivity index is 1.98. The quantitative estimate of drug-likeness (QED) is 0.636. The third-order valence-electron chi connectivity index (χ3n) is 2.13. The van der Waals surface area contributed by atoms with Crippen LogP contribution < -0.4 is 0 Å². The minimum absolute atomic E-state index is 0.443. The molecule has 18 heavy (non-hydrogen) atoms. The summed E-state index contributed by atoms with van der Waals surface area (Å²) in [5.74, 6) is -1.05. The number of hydrogen-bond donors (Lipinski definition) is 1. The molecule has 0 unspecified atom stereocenters. The maximum Gasteiger partial charge on any atom is 0.344 e. The van der Waals surface area contributed by atoms with Gasteiger partial charge < -0.3 is 9.94 Å². The van der Waals surface area contributed by atoms with Crippen molar-refractivity contribution in [3.05, 3.63) is 48.3 Å². The average Bonchev–Trinajstić information content (AvgIpc) is 2.89. The van der Waals surface area contributed by atoms with Crippen molar-refractivity contribution in [1.29, 1.82) is 0 Å². The molecule has 2 rings (SSSR count). The third kappa shape index (κ3) is 3.18. The summed E-state index contributed by atoms with van der Waals surface area (Å²) in [6, 6.07) is 9.28. The Morgan fingerprint density at radius 1 is 1.44 bits per heavy atom. The van der Waals surface area contributed by atoms with Crippen LogP contribution in [0.5, 0.6) is 0 Å². The molecule has 92 valence electrons. The number of aromatic nitrogens is 2. The van der Waals surface area contributed by atoms with E-state index in [-0.39, 0.29) is 0 Å². The highest BCUT2D eigenvalue weighted by molar-refractivity contribution is 5.79. The Morgan fingerprint density at radius 2 is 2.22 bits per heavy atom. The van der Waals surface area contributed by atoms with Crippen molar-refractivity contribution in [1.82, 2.24) is 9.78 Å². The minimum atomic E-state index is -1.05. The van der Waals surface area contributed by atoms with Crippen molar-refractivity contribution in [2.45, 2.75) is 0 Å². The molecule has 0 spiro atoms. The lowest BCUT2D eigenvalue weighted by atomic mass is 10.2. The van der Waals surface area contributed by atoms with Gasteiger partial charge in [-0.3, -0.25) is 0 Å². The van der Waals surface area contributed by atoms with Crippen molar-refractivity contribution < 1.29 is 14.7 Å². The van der Waals surface area contributed by atoms with E-state index in [1.54, 1.807) is 10.9 Å². The van der Waals surface area contributed by atoms with Crippen LogP contribution in [0.25, 0.3) is 5.69 Å². The van der Waals surface area contributed by atoms with Crippen LogP contribution in [-0.2, 0) is 9.63 Å². The lowest BCUT2D eigenvalue weighted by molar-refractivity contribution is -0.142. The standard InChI is InChI=1S/C12H11N3O3/c16-12(17)9-18-14-8-10-2-4-11(5-3-10)15-7-1-6-13-15/h1-8H,9H2,(H,16,17). The van der Waals surface area contributed by atoms with Gasteiger partial charge in [-0.25, -0.2) is 9.48 Å². The van der Waals surface area contributed by atoms with Crippen LogP contribution in [0.3, 0.4) is 0 Å². The fourth-order valence-electron chi connectivity index (χ4n) is 1.33. The molecule has 0 saturated heterocycles. The van der Waals surface area contributed by atoms with Crippen LogP contribution in [0.15, 0.2) is 47.9 Å².